The van der Waals surface area contributed by atoms with Gasteiger partial charge in [0.05, 0.1) is 4.88 Å². The number of ketones is 1. The molecule has 4 nitrogen and oxygen atoms in total. The van der Waals surface area contributed by atoms with Gasteiger partial charge in [0.25, 0.3) is 5.91 Å². The number of Topliss-reactive ketones (excluding diaryl/α,β-unsaturated/α-hetero) is 1. The number of aromatic nitrogens is 1. The highest BCUT2D eigenvalue weighted by molar-refractivity contribution is 14.1. The van der Waals surface area contributed by atoms with Crippen LogP contribution < -0.4 is 0 Å². The molecular formula is C9H9IN2O2S. The van der Waals surface area contributed by atoms with Crippen LogP contribution in [-0.4, -0.2) is 27.5 Å². The number of amides is 1. The fourth-order valence-corrected chi connectivity index (χ4v) is 3.88. The summed E-state index contributed by atoms with van der Waals surface area (Å²) in [6, 6.07) is 0. The molecule has 0 spiro atoms. The van der Waals surface area contributed by atoms with Gasteiger partial charge in [-0.1, -0.05) is 22.6 Å². The van der Waals surface area contributed by atoms with Crippen molar-refractivity contribution in [1.82, 2.24) is 9.27 Å². The Balaban J connectivity index is 2.54. The Bertz CT molecular complexity index is 443. The van der Waals surface area contributed by atoms with Gasteiger partial charge in [0, 0.05) is 19.0 Å². The van der Waals surface area contributed by atoms with Crippen LogP contribution in [0.25, 0.3) is 0 Å². The van der Waals surface area contributed by atoms with Gasteiger partial charge >= 0.3 is 0 Å². The predicted molar refractivity (Wildman–Crippen MR) is 65.6 cm³/mol. The predicted octanol–water partition coefficient (Wildman–Crippen LogP) is 2.26. The zero-order valence-corrected chi connectivity index (χ0v) is 11.3. The second kappa shape index (κ2) is 3.82. The Morgan fingerprint density at radius 3 is 2.87 bits per heavy atom. The summed E-state index contributed by atoms with van der Waals surface area (Å²) in [5, 5.41) is 0. The average molecular weight is 336 g/mol. The van der Waals surface area contributed by atoms with Crippen LogP contribution in [0.15, 0.2) is 0 Å². The fraction of sp³-hybridized carbons (Fsp3) is 0.444. The van der Waals surface area contributed by atoms with Crippen LogP contribution in [0.1, 0.15) is 43.6 Å². The molecule has 15 heavy (non-hydrogen) atoms. The molecule has 1 aliphatic rings. The lowest BCUT2D eigenvalue weighted by molar-refractivity contribution is 0.0784. The molecule has 0 radical (unpaired) electrons. The first-order valence-electron chi connectivity index (χ1n) is 4.53. The first-order chi connectivity index (χ1) is 7.07. The van der Waals surface area contributed by atoms with E-state index >= 15 is 0 Å². The fourth-order valence-electron chi connectivity index (χ4n) is 1.63. The minimum absolute atomic E-state index is 0.0128. The van der Waals surface area contributed by atoms with E-state index in [9.17, 15) is 9.59 Å². The van der Waals surface area contributed by atoms with Crippen molar-refractivity contribution in [3.63, 3.8) is 0 Å². The summed E-state index contributed by atoms with van der Waals surface area (Å²) in [5.41, 5.74) is 1.27. The molecule has 2 rings (SSSR count). The number of halogens is 1. The minimum atomic E-state index is -0.0596. The van der Waals surface area contributed by atoms with E-state index in [1.807, 2.05) is 6.92 Å². The van der Waals surface area contributed by atoms with E-state index < -0.39 is 0 Å². The number of alkyl halides is 1. The third kappa shape index (κ3) is 1.50. The first-order valence-corrected chi connectivity index (χ1v) is 6.55. The van der Waals surface area contributed by atoms with Crippen LogP contribution in [-0.2, 0) is 0 Å². The summed E-state index contributed by atoms with van der Waals surface area (Å²) in [7, 11) is 0. The molecule has 0 saturated heterocycles. The zero-order chi connectivity index (χ0) is 11.2. The smallest absolute Gasteiger partial charge is 0.275 e. The van der Waals surface area contributed by atoms with E-state index in [0.29, 0.717) is 17.1 Å². The maximum absolute atomic E-state index is 11.8. The maximum atomic E-state index is 11.8. The Morgan fingerprint density at radius 2 is 2.33 bits per heavy atom. The molecule has 1 aromatic rings. The van der Waals surface area contributed by atoms with Gasteiger partial charge in [-0.05, 0) is 18.5 Å². The summed E-state index contributed by atoms with van der Waals surface area (Å²) in [6.45, 7) is 4.08. The number of fused-ring (bicyclic) bond motifs is 1. The SMILES string of the molecule is CCN1C(=O)c2nsc(C(C)=O)c2C1I. The van der Waals surface area contributed by atoms with E-state index in [1.54, 1.807) is 4.90 Å². The number of rotatable bonds is 2. The number of carbonyl (C=O) groups excluding carboxylic acids is 2. The highest BCUT2D eigenvalue weighted by Gasteiger charge is 2.39. The number of hydrogen-bond donors (Lipinski definition) is 0. The quantitative estimate of drug-likeness (QED) is 0.360. The van der Waals surface area contributed by atoms with E-state index in [0.717, 1.165) is 17.1 Å². The van der Waals surface area contributed by atoms with Crippen molar-refractivity contribution in [2.24, 2.45) is 0 Å². The Kier molecular flexibility index (Phi) is 2.80. The van der Waals surface area contributed by atoms with Crippen molar-refractivity contribution in [2.45, 2.75) is 17.9 Å². The van der Waals surface area contributed by atoms with E-state index in [-0.39, 0.29) is 15.7 Å². The van der Waals surface area contributed by atoms with Crippen LogP contribution in [0.4, 0.5) is 0 Å². The lowest BCUT2D eigenvalue weighted by Gasteiger charge is -2.18. The summed E-state index contributed by atoms with van der Waals surface area (Å²) < 4.78 is 4.02. The summed E-state index contributed by atoms with van der Waals surface area (Å²) >= 11 is 3.30. The standard InChI is InChI=1S/C9H9IN2O2S/c1-3-12-8(10)5-6(9(12)14)11-15-7(5)4(2)13/h8H,3H2,1-2H3. The molecule has 0 fully saturated rings. The van der Waals surface area contributed by atoms with E-state index in [4.69, 9.17) is 0 Å². The number of hydrogen-bond acceptors (Lipinski definition) is 4. The van der Waals surface area contributed by atoms with Crippen molar-refractivity contribution in [2.75, 3.05) is 6.54 Å². The lowest BCUT2D eigenvalue weighted by Crippen LogP contribution is -2.25. The molecule has 6 heteroatoms. The van der Waals surface area contributed by atoms with Crippen LogP contribution in [0, 0.1) is 0 Å². The normalized spacial score (nSPS) is 19.5. The molecule has 1 amide bonds. The van der Waals surface area contributed by atoms with Gasteiger partial charge in [-0.25, -0.2) is 0 Å². The van der Waals surface area contributed by atoms with Crippen LogP contribution in [0.5, 0.6) is 0 Å². The molecular weight excluding hydrogens is 327 g/mol. The van der Waals surface area contributed by atoms with Crippen molar-refractivity contribution in [3.8, 4) is 0 Å². The van der Waals surface area contributed by atoms with Crippen molar-refractivity contribution < 1.29 is 9.59 Å². The molecule has 1 atom stereocenters. The molecule has 2 heterocycles. The van der Waals surface area contributed by atoms with Gasteiger partial charge in [0.2, 0.25) is 0 Å². The van der Waals surface area contributed by atoms with Crippen LogP contribution >= 0.6 is 34.1 Å². The third-order valence-electron chi connectivity index (χ3n) is 2.36. The summed E-state index contributed by atoms with van der Waals surface area (Å²) in [4.78, 5) is 25.5. The van der Waals surface area contributed by atoms with Gasteiger partial charge in [0.15, 0.2) is 5.78 Å². The lowest BCUT2D eigenvalue weighted by atomic mass is 10.2. The Labute approximate surface area is 105 Å². The molecule has 0 bridgehead atoms. The summed E-state index contributed by atoms with van der Waals surface area (Å²) in [5.74, 6) is -0.0724. The topological polar surface area (TPSA) is 50.3 Å². The molecule has 0 aliphatic carbocycles. The average Bonchev–Trinajstić information content (AvgIpc) is 2.69. The second-order valence-corrected chi connectivity index (χ2v) is 5.21. The largest absolute Gasteiger partial charge is 0.321 e. The molecule has 0 aromatic carbocycles. The highest BCUT2D eigenvalue weighted by atomic mass is 127. The molecule has 80 valence electrons. The molecule has 0 saturated carbocycles. The Morgan fingerprint density at radius 1 is 1.67 bits per heavy atom. The molecule has 0 N–H and O–H groups in total. The van der Waals surface area contributed by atoms with Gasteiger partial charge in [-0.15, -0.1) is 0 Å². The summed E-state index contributed by atoms with van der Waals surface area (Å²) in [6.07, 6.45) is 0. The minimum Gasteiger partial charge on any atom is -0.321 e. The van der Waals surface area contributed by atoms with Crippen molar-refractivity contribution in [1.29, 1.82) is 0 Å². The van der Waals surface area contributed by atoms with Gasteiger partial charge < -0.3 is 4.90 Å². The second-order valence-electron chi connectivity index (χ2n) is 3.26. The van der Waals surface area contributed by atoms with Crippen LogP contribution in [0.2, 0.25) is 0 Å². The van der Waals surface area contributed by atoms with E-state index in [2.05, 4.69) is 27.0 Å². The Hall–Kier alpha value is -0.500. The van der Waals surface area contributed by atoms with Crippen LogP contribution in [0.3, 0.4) is 0 Å². The van der Waals surface area contributed by atoms with Crippen molar-refractivity contribution >= 4 is 45.8 Å². The van der Waals surface area contributed by atoms with Crippen molar-refractivity contribution in [3.05, 3.63) is 16.1 Å². The number of carbonyl (C=O) groups is 2. The third-order valence-corrected chi connectivity index (χ3v) is 4.62. The monoisotopic (exact) mass is 336 g/mol. The first kappa shape index (κ1) is 11.0. The molecule has 1 aromatic heterocycles. The van der Waals surface area contributed by atoms with Gasteiger partial charge in [-0.3, -0.25) is 9.59 Å². The molecule has 1 unspecified atom stereocenters. The highest BCUT2D eigenvalue weighted by Crippen LogP contribution is 2.41. The number of nitrogens with zero attached hydrogens (tertiary/aromatic N) is 2. The van der Waals surface area contributed by atoms with Gasteiger partial charge in [0.1, 0.15) is 9.74 Å². The van der Waals surface area contributed by atoms with E-state index in [1.165, 1.54) is 6.92 Å². The van der Waals surface area contributed by atoms with Gasteiger partial charge in [-0.2, -0.15) is 4.37 Å². The maximum Gasteiger partial charge on any atom is 0.275 e. The zero-order valence-electron chi connectivity index (χ0n) is 8.28. The molecule has 1 aliphatic heterocycles.